The van der Waals surface area contributed by atoms with Crippen molar-refractivity contribution in [3.63, 3.8) is 0 Å². The summed E-state index contributed by atoms with van der Waals surface area (Å²) in [6.07, 6.45) is 1.22. The molecular formula is C23H21N5O6. The van der Waals surface area contributed by atoms with Gasteiger partial charge >= 0.3 is 0 Å². The van der Waals surface area contributed by atoms with Crippen LogP contribution in [0.25, 0.3) is 5.69 Å². The van der Waals surface area contributed by atoms with Crippen LogP contribution in [0, 0.1) is 17.0 Å². The van der Waals surface area contributed by atoms with Crippen molar-refractivity contribution in [1.82, 2.24) is 9.78 Å². The molecule has 1 aromatic heterocycles. The van der Waals surface area contributed by atoms with E-state index in [1.807, 2.05) is 0 Å². The van der Waals surface area contributed by atoms with Gasteiger partial charge in [0, 0.05) is 42.5 Å². The molecule has 174 valence electrons. The number of methoxy groups -OCH3 is 1. The minimum atomic E-state index is -0.788. The molecule has 11 nitrogen and oxygen atoms in total. The Morgan fingerprint density at radius 2 is 1.91 bits per heavy atom. The smallest absolute Gasteiger partial charge is 0.294 e. The molecule has 3 aromatic rings. The van der Waals surface area contributed by atoms with Gasteiger partial charge in [0.2, 0.25) is 11.3 Å². The first-order valence-corrected chi connectivity index (χ1v) is 10.4. The molecule has 1 fully saturated rings. The molecule has 1 aliphatic rings. The molecule has 11 heteroatoms. The lowest BCUT2D eigenvalue weighted by molar-refractivity contribution is -0.384. The SMILES string of the molecule is COc1cc(NC(=O)c2nn(-c3ccccc3[N+](=O)[O-])c(C)cc2=O)ccc1N1CCCC1=O. The molecular weight excluding hydrogens is 442 g/mol. The summed E-state index contributed by atoms with van der Waals surface area (Å²) in [6.45, 7) is 2.15. The number of carbonyl (C=O) groups excluding carboxylic acids is 2. The lowest BCUT2D eigenvalue weighted by Gasteiger charge is -2.19. The number of carbonyl (C=O) groups is 2. The van der Waals surface area contributed by atoms with E-state index in [4.69, 9.17) is 4.74 Å². The van der Waals surface area contributed by atoms with E-state index in [2.05, 4.69) is 10.4 Å². The second-order valence-corrected chi connectivity index (χ2v) is 7.65. The van der Waals surface area contributed by atoms with Crippen LogP contribution in [0.3, 0.4) is 0 Å². The first kappa shape index (κ1) is 22.6. The lowest BCUT2D eigenvalue weighted by atomic mass is 10.2. The number of rotatable bonds is 6. The molecule has 2 amide bonds. The zero-order valence-corrected chi connectivity index (χ0v) is 18.5. The maximum absolute atomic E-state index is 12.9. The first-order valence-electron chi connectivity index (χ1n) is 10.4. The van der Waals surface area contributed by atoms with Crippen molar-refractivity contribution in [2.75, 3.05) is 23.9 Å². The zero-order chi connectivity index (χ0) is 24.4. The number of para-hydroxylation sites is 2. The first-order chi connectivity index (χ1) is 16.3. The van der Waals surface area contributed by atoms with Crippen molar-refractivity contribution >= 4 is 28.9 Å². The van der Waals surface area contributed by atoms with Crippen molar-refractivity contribution in [3.05, 3.63) is 80.3 Å². The van der Waals surface area contributed by atoms with Crippen LogP contribution in [-0.2, 0) is 4.79 Å². The maximum atomic E-state index is 12.9. The molecule has 0 atom stereocenters. The van der Waals surface area contributed by atoms with Crippen molar-refractivity contribution in [2.24, 2.45) is 0 Å². The zero-order valence-electron chi connectivity index (χ0n) is 18.5. The highest BCUT2D eigenvalue weighted by Crippen LogP contribution is 2.34. The van der Waals surface area contributed by atoms with Crippen molar-refractivity contribution in [2.45, 2.75) is 19.8 Å². The van der Waals surface area contributed by atoms with Crippen LogP contribution < -0.4 is 20.4 Å². The minimum Gasteiger partial charge on any atom is -0.494 e. The number of aromatic nitrogens is 2. The van der Waals surface area contributed by atoms with E-state index in [1.54, 1.807) is 36.1 Å². The fourth-order valence-corrected chi connectivity index (χ4v) is 3.82. The van der Waals surface area contributed by atoms with Gasteiger partial charge in [-0.1, -0.05) is 12.1 Å². The summed E-state index contributed by atoms with van der Waals surface area (Å²) in [7, 11) is 1.46. The number of nitrogens with one attached hydrogen (secondary N) is 1. The number of anilines is 2. The van der Waals surface area contributed by atoms with Crippen molar-refractivity contribution in [1.29, 1.82) is 0 Å². The molecule has 1 N–H and O–H groups in total. The standard InChI is InChI=1S/C23H21N5O6/c1-14-12-19(29)22(25-27(14)16-6-3-4-7-17(16)28(32)33)23(31)24-15-9-10-18(20(13-15)34-2)26-11-5-8-21(26)30/h3-4,6-7,9-10,12-13H,5,8,11H2,1-2H3,(H,24,31). The number of nitrogens with zero attached hydrogens (tertiary/aromatic N) is 4. The van der Waals surface area contributed by atoms with Gasteiger partial charge in [-0.05, 0) is 31.5 Å². The van der Waals surface area contributed by atoms with Gasteiger partial charge in [-0.2, -0.15) is 5.10 Å². The third-order valence-electron chi connectivity index (χ3n) is 5.43. The average molecular weight is 463 g/mol. The topological polar surface area (TPSA) is 137 Å². The van der Waals surface area contributed by atoms with E-state index in [-0.39, 0.29) is 17.3 Å². The predicted molar refractivity (Wildman–Crippen MR) is 124 cm³/mol. The third-order valence-corrected chi connectivity index (χ3v) is 5.43. The quantitative estimate of drug-likeness (QED) is 0.438. The average Bonchev–Trinajstić information content (AvgIpc) is 3.24. The molecule has 0 aliphatic carbocycles. The van der Waals surface area contributed by atoms with E-state index >= 15 is 0 Å². The number of amides is 2. The van der Waals surface area contributed by atoms with Crippen LogP contribution >= 0.6 is 0 Å². The Kier molecular flexibility index (Phi) is 6.09. The molecule has 1 saturated heterocycles. The van der Waals surface area contributed by atoms with Crippen LogP contribution in [0.5, 0.6) is 5.75 Å². The number of nitro groups is 1. The van der Waals surface area contributed by atoms with Gasteiger partial charge in [0.1, 0.15) is 11.4 Å². The molecule has 2 heterocycles. The summed E-state index contributed by atoms with van der Waals surface area (Å²) in [5.74, 6) is -0.402. The Labute approximate surface area is 193 Å². The number of benzene rings is 2. The predicted octanol–water partition coefficient (Wildman–Crippen LogP) is 2.84. The second-order valence-electron chi connectivity index (χ2n) is 7.65. The Bertz CT molecular complexity index is 1370. The highest BCUT2D eigenvalue weighted by molar-refractivity contribution is 6.03. The van der Waals surface area contributed by atoms with Gasteiger partial charge in [-0.3, -0.25) is 24.5 Å². The van der Waals surface area contributed by atoms with Gasteiger partial charge in [-0.15, -0.1) is 0 Å². The lowest BCUT2D eigenvalue weighted by Crippen LogP contribution is -2.27. The monoisotopic (exact) mass is 463 g/mol. The Hall–Kier alpha value is -4.54. The number of aryl methyl sites for hydroxylation is 1. The van der Waals surface area contributed by atoms with Crippen LogP contribution in [0.15, 0.2) is 53.3 Å². The van der Waals surface area contributed by atoms with Gasteiger partial charge in [-0.25, -0.2) is 4.68 Å². The van der Waals surface area contributed by atoms with Crippen LogP contribution in [0.1, 0.15) is 29.0 Å². The van der Waals surface area contributed by atoms with Crippen LogP contribution in [0.4, 0.5) is 17.1 Å². The van der Waals surface area contributed by atoms with Gasteiger partial charge in [0.05, 0.1) is 17.7 Å². The highest BCUT2D eigenvalue weighted by atomic mass is 16.6. The van der Waals surface area contributed by atoms with E-state index in [1.165, 1.54) is 36.1 Å². The van der Waals surface area contributed by atoms with E-state index < -0.39 is 22.0 Å². The molecule has 0 spiro atoms. The molecule has 0 unspecified atom stereocenters. The summed E-state index contributed by atoms with van der Waals surface area (Å²) in [5, 5.41) is 18.1. The number of ether oxygens (including phenoxy) is 1. The van der Waals surface area contributed by atoms with Crippen LogP contribution in [0.2, 0.25) is 0 Å². The Morgan fingerprint density at radius 3 is 2.59 bits per heavy atom. The number of hydrogen-bond donors (Lipinski definition) is 1. The normalized spacial score (nSPS) is 13.1. The fourth-order valence-electron chi connectivity index (χ4n) is 3.82. The molecule has 0 bridgehead atoms. The molecule has 4 rings (SSSR count). The van der Waals surface area contributed by atoms with E-state index in [0.29, 0.717) is 35.8 Å². The molecule has 0 saturated carbocycles. The summed E-state index contributed by atoms with van der Waals surface area (Å²) >= 11 is 0. The van der Waals surface area contributed by atoms with E-state index in [0.717, 1.165) is 6.42 Å². The van der Waals surface area contributed by atoms with Gasteiger partial charge in [0.15, 0.2) is 5.69 Å². The maximum Gasteiger partial charge on any atom is 0.294 e. The molecule has 0 radical (unpaired) electrons. The number of nitro benzene ring substituents is 1. The molecule has 1 aliphatic heterocycles. The summed E-state index contributed by atoms with van der Waals surface area (Å²) in [6, 6.07) is 11.9. The summed E-state index contributed by atoms with van der Waals surface area (Å²) in [4.78, 5) is 50.0. The minimum absolute atomic E-state index is 0.00510. The molecule has 2 aromatic carbocycles. The second kappa shape index (κ2) is 9.14. The van der Waals surface area contributed by atoms with Crippen LogP contribution in [-0.4, -0.2) is 40.2 Å². The largest absolute Gasteiger partial charge is 0.494 e. The van der Waals surface area contributed by atoms with Gasteiger partial charge in [0.25, 0.3) is 11.6 Å². The fraction of sp³-hybridized carbons (Fsp3) is 0.217. The molecule has 34 heavy (non-hydrogen) atoms. The van der Waals surface area contributed by atoms with E-state index in [9.17, 15) is 24.5 Å². The van der Waals surface area contributed by atoms with Gasteiger partial charge < -0.3 is 15.0 Å². The highest BCUT2D eigenvalue weighted by Gasteiger charge is 2.25. The Balaban J connectivity index is 1.67. The summed E-state index contributed by atoms with van der Waals surface area (Å²) < 4.78 is 6.59. The Morgan fingerprint density at radius 1 is 1.15 bits per heavy atom. The summed E-state index contributed by atoms with van der Waals surface area (Å²) in [5.41, 5.74) is 0.103. The van der Waals surface area contributed by atoms with Crippen molar-refractivity contribution in [3.8, 4) is 11.4 Å². The van der Waals surface area contributed by atoms with Crippen molar-refractivity contribution < 1.29 is 19.2 Å². The number of hydrogen-bond acceptors (Lipinski definition) is 7. The third kappa shape index (κ3) is 4.22.